The molecule has 1 rings (SSSR count). The van der Waals surface area contributed by atoms with E-state index in [1.807, 2.05) is 19.1 Å². The number of nitrogens with one attached hydrogen (secondary N) is 1. The second-order valence-electron chi connectivity index (χ2n) is 3.49. The number of likely N-dealkylation sites (N-methyl/N-ethyl adjacent to an activating group) is 1. The Morgan fingerprint density at radius 2 is 2.15 bits per heavy atom. The minimum atomic E-state index is 0.821. The standard InChI is InChI=1S/C10H18N2O/c1-9-4-5-10(13-9)8-11-6-7-12(2)3/h4-5,11H,6-8H2,1-3H3. The first-order valence-electron chi connectivity index (χ1n) is 4.59. The molecule has 0 spiro atoms. The van der Waals surface area contributed by atoms with Crippen molar-refractivity contribution in [2.24, 2.45) is 0 Å². The van der Waals surface area contributed by atoms with Crippen LogP contribution in [0.3, 0.4) is 0 Å². The van der Waals surface area contributed by atoms with Crippen molar-refractivity contribution >= 4 is 0 Å². The monoisotopic (exact) mass is 182 g/mol. The minimum absolute atomic E-state index is 0.821. The second kappa shape index (κ2) is 5.04. The number of hydrogen-bond acceptors (Lipinski definition) is 3. The molecule has 1 aromatic heterocycles. The maximum atomic E-state index is 5.41. The van der Waals surface area contributed by atoms with E-state index < -0.39 is 0 Å². The highest BCUT2D eigenvalue weighted by Crippen LogP contribution is 2.04. The largest absolute Gasteiger partial charge is 0.465 e. The lowest BCUT2D eigenvalue weighted by Gasteiger charge is -2.09. The summed E-state index contributed by atoms with van der Waals surface area (Å²) in [6.45, 7) is 4.83. The van der Waals surface area contributed by atoms with Crippen LogP contribution in [0.15, 0.2) is 16.5 Å². The van der Waals surface area contributed by atoms with Gasteiger partial charge in [-0.2, -0.15) is 0 Å². The maximum Gasteiger partial charge on any atom is 0.117 e. The third-order valence-electron chi connectivity index (χ3n) is 1.83. The molecule has 0 aliphatic heterocycles. The summed E-state index contributed by atoms with van der Waals surface area (Å²) in [6, 6.07) is 4.00. The van der Waals surface area contributed by atoms with Gasteiger partial charge in [0.15, 0.2) is 0 Å². The van der Waals surface area contributed by atoms with Crippen molar-refractivity contribution in [2.45, 2.75) is 13.5 Å². The summed E-state index contributed by atoms with van der Waals surface area (Å²) < 4.78 is 5.41. The van der Waals surface area contributed by atoms with E-state index in [-0.39, 0.29) is 0 Å². The molecule has 0 fully saturated rings. The molecular formula is C10H18N2O. The predicted octanol–water partition coefficient (Wildman–Crippen LogP) is 1.24. The van der Waals surface area contributed by atoms with Gasteiger partial charge in [0.2, 0.25) is 0 Å². The Labute approximate surface area is 79.7 Å². The Hall–Kier alpha value is -0.800. The quantitative estimate of drug-likeness (QED) is 0.694. The zero-order valence-electron chi connectivity index (χ0n) is 8.63. The van der Waals surface area contributed by atoms with Crippen molar-refractivity contribution in [1.29, 1.82) is 0 Å². The van der Waals surface area contributed by atoms with Crippen LogP contribution in [0.2, 0.25) is 0 Å². The van der Waals surface area contributed by atoms with E-state index in [4.69, 9.17) is 4.42 Å². The molecular weight excluding hydrogens is 164 g/mol. The van der Waals surface area contributed by atoms with Gasteiger partial charge in [-0.05, 0) is 33.2 Å². The zero-order valence-corrected chi connectivity index (χ0v) is 8.63. The molecule has 0 unspecified atom stereocenters. The highest BCUT2D eigenvalue weighted by molar-refractivity contribution is 5.04. The molecule has 0 saturated carbocycles. The Balaban J connectivity index is 2.13. The summed E-state index contributed by atoms with van der Waals surface area (Å²) >= 11 is 0. The molecule has 0 aliphatic carbocycles. The smallest absolute Gasteiger partial charge is 0.117 e. The molecule has 74 valence electrons. The number of furan rings is 1. The van der Waals surface area contributed by atoms with Gasteiger partial charge in [0.1, 0.15) is 11.5 Å². The van der Waals surface area contributed by atoms with Gasteiger partial charge < -0.3 is 14.6 Å². The van der Waals surface area contributed by atoms with Gasteiger partial charge in [-0.15, -0.1) is 0 Å². The summed E-state index contributed by atoms with van der Waals surface area (Å²) in [7, 11) is 4.14. The molecule has 0 atom stereocenters. The lowest BCUT2D eigenvalue weighted by molar-refractivity contribution is 0.390. The van der Waals surface area contributed by atoms with Crippen molar-refractivity contribution in [3.8, 4) is 0 Å². The summed E-state index contributed by atoms with van der Waals surface area (Å²) in [4.78, 5) is 2.15. The summed E-state index contributed by atoms with van der Waals surface area (Å²) in [5.41, 5.74) is 0. The van der Waals surface area contributed by atoms with Crippen molar-refractivity contribution in [1.82, 2.24) is 10.2 Å². The van der Waals surface area contributed by atoms with E-state index >= 15 is 0 Å². The van der Waals surface area contributed by atoms with E-state index in [0.717, 1.165) is 31.2 Å². The molecule has 3 heteroatoms. The number of hydrogen-bond donors (Lipinski definition) is 1. The average molecular weight is 182 g/mol. The highest BCUT2D eigenvalue weighted by Gasteiger charge is 1.97. The van der Waals surface area contributed by atoms with Crippen LogP contribution in [0, 0.1) is 6.92 Å². The first-order chi connectivity index (χ1) is 6.18. The topological polar surface area (TPSA) is 28.4 Å². The normalized spacial score (nSPS) is 11.1. The van der Waals surface area contributed by atoms with E-state index in [0.29, 0.717) is 0 Å². The van der Waals surface area contributed by atoms with Gasteiger partial charge >= 0.3 is 0 Å². The number of rotatable bonds is 5. The van der Waals surface area contributed by atoms with Crippen LogP contribution in [0.1, 0.15) is 11.5 Å². The van der Waals surface area contributed by atoms with Gasteiger partial charge in [-0.1, -0.05) is 0 Å². The van der Waals surface area contributed by atoms with Gasteiger partial charge in [-0.3, -0.25) is 0 Å². The Bertz CT molecular complexity index is 243. The number of aryl methyl sites for hydroxylation is 1. The van der Waals surface area contributed by atoms with Crippen LogP contribution < -0.4 is 5.32 Å². The van der Waals surface area contributed by atoms with Gasteiger partial charge in [0, 0.05) is 13.1 Å². The van der Waals surface area contributed by atoms with Gasteiger partial charge in [-0.25, -0.2) is 0 Å². The van der Waals surface area contributed by atoms with Gasteiger partial charge in [0.25, 0.3) is 0 Å². The van der Waals surface area contributed by atoms with Gasteiger partial charge in [0.05, 0.1) is 6.54 Å². The van der Waals surface area contributed by atoms with Crippen LogP contribution >= 0.6 is 0 Å². The molecule has 0 saturated heterocycles. The first-order valence-corrected chi connectivity index (χ1v) is 4.59. The summed E-state index contributed by atoms with van der Waals surface area (Å²) in [6.07, 6.45) is 0. The molecule has 1 heterocycles. The SMILES string of the molecule is Cc1ccc(CNCCN(C)C)o1. The fraction of sp³-hybridized carbons (Fsp3) is 0.600. The Morgan fingerprint density at radius 1 is 1.38 bits per heavy atom. The summed E-state index contributed by atoms with van der Waals surface area (Å²) in [5, 5.41) is 3.31. The molecule has 0 bridgehead atoms. The van der Waals surface area contributed by atoms with Crippen LogP contribution in [0.4, 0.5) is 0 Å². The van der Waals surface area contributed by atoms with Crippen LogP contribution in [-0.4, -0.2) is 32.1 Å². The van der Waals surface area contributed by atoms with E-state index in [1.54, 1.807) is 0 Å². The Morgan fingerprint density at radius 3 is 2.69 bits per heavy atom. The molecule has 0 amide bonds. The molecule has 3 nitrogen and oxygen atoms in total. The average Bonchev–Trinajstić information content (AvgIpc) is 2.45. The minimum Gasteiger partial charge on any atom is -0.465 e. The van der Waals surface area contributed by atoms with Crippen LogP contribution in [0.25, 0.3) is 0 Å². The Kier molecular flexibility index (Phi) is 3.99. The lowest BCUT2D eigenvalue weighted by Crippen LogP contribution is -2.25. The fourth-order valence-corrected chi connectivity index (χ4v) is 1.09. The maximum absolute atomic E-state index is 5.41. The zero-order chi connectivity index (χ0) is 9.68. The molecule has 1 aromatic rings. The molecule has 1 N–H and O–H groups in total. The fourth-order valence-electron chi connectivity index (χ4n) is 1.09. The lowest BCUT2D eigenvalue weighted by atomic mass is 10.4. The number of nitrogens with zero attached hydrogens (tertiary/aromatic N) is 1. The molecule has 13 heavy (non-hydrogen) atoms. The van der Waals surface area contributed by atoms with Crippen LogP contribution in [0.5, 0.6) is 0 Å². The van der Waals surface area contributed by atoms with Crippen molar-refractivity contribution < 1.29 is 4.42 Å². The van der Waals surface area contributed by atoms with E-state index in [9.17, 15) is 0 Å². The second-order valence-corrected chi connectivity index (χ2v) is 3.49. The van der Waals surface area contributed by atoms with E-state index in [2.05, 4.69) is 24.3 Å². The highest BCUT2D eigenvalue weighted by atomic mass is 16.3. The van der Waals surface area contributed by atoms with Crippen molar-refractivity contribution in [2.75, 3.05) is 27.2 Å². The third-order valence-corrected chi connectivity index (χ3v) is 1.83. The van der Waals surface area contributed by atoms with Crippen molar-refractivity contribution in [3.05, 3.63) is 23.7 Å². The first kappa shape index (κ1) is 10.3. The third kappa shape index (κ3) is 4.10. The molecule has 0 aliphatic rings. The summed E-state index contributed by atoms with van der Waals surface area (Å²) in [5.74, 6) is 1.99. The predicted molar refractivity (Wildman–Crippen MR) is 53.7 cm³/mol. The van der Waals surface area contributed by atoms with Crippen molar-refractivity contribution in [3.63, 3.8) is 0 Å². The van der Waals surface area contributed by atoms with E-state index in [1.165, 1.54) is 0 Å². The molecule has 0 aromatic carbocycles. The van der Waals surface area contributed by atoms with Crippen LogP contribution in [-0.2, 0) is 6.54 Å². The molecule has 0 radical (unpaired) electrons.